The van der Waals surface area contributed by atoms with E-state index in [0.717, 1.165) is 57.3 Å². The van der Waals surface area contributed by atoms with Crippen LogP contribution in [0, 0.1) is 0 Å². The fourth-order valence-corrected chi connectivity index (χ4v) is 2.10. The van der Waals surface area contributed by atoms with Gasteiger partial charge in [0, 0.05) is 6.42 Å². The van der Waals surface area contributed by atoms with E-state index in [-0.39, 0.29) is 6.79 Å². The van der Waals surface area contributed by atoms with Crippen LogP contribution in [0.5, 0.6) is 0 Å². The Morgan fingerprint density at radius 2 is 1.25 bits per heavy atom. The van der Waals surface area contributed by atoms with Gasteiger partial charge in [-0.05, 0) is 25.7 Å². The highest BCUT2D eigenvalue weighted by Crippen LogP contribution is 2.17. The van der Waals surface area contributed by atoms with Crippen LogP contribution < -0.4 is 0 Å². The summed E-state index contributed by atoms with van der Waals surface area (Å²) in [5, 5.41) is 0. The van der Waals surface area contributed by atoms with E-state index in [4.69, 9.17) is 18.9 Å². The molecule has 0 unspecified atom stereocenters. The van der Waals surface area contributed by atoms with Crippen LogP contribution in [0.1, 0.15) is 91.9 Å². The van der Waals surface area contributed by atoms with Gasteiger partial charge in [-0.15, -0.1) is 0 Å². The van der Waals surface area contributed by atoms with E-state index in [9.17, 15) is 0 Å². The van der Waals surface area contributed by atoms with Crippen molar-refractivity contribution in [3.63, 3.8) is 0 Å². The van der Waals surface area contributed by atoms with Gasteiger partial charge in [-0.1, -0.05) is 59.8 Å². The van der Waals surface area contributed by atoms with Crippen molar-refractivity contribution in [3.8, 4) is 0 Å². The Bertz CT molecular complexity index is 289. The number of allylic oxidation sites excluding steroid dienone is 1. The van der Waals surface area contributed by atoms with Gasteiger partial charge in [0.1, 0.15) is 0 Å². The highest BCUT2D eigenvalue weighted by atomic mass is 16.7. The van der Waals surface area contributed by atoms with Gasteiger partial charge in [-0.25, -0.2) is 0 Å². The third-order valence-electron chi connectivity index (χ3n) is 3.63. The molecule has 0 aliphatic carbocycles. The molecule has 0 aliphatic heterocycles. The first kappa shape index (κ1) is 23.1. The minimum absolute atomic E-state index is 0.234. The summed E-state index contributed by atoms with van der Waals surface area (Å²) in [5.41, 5.74) is 0. The first-order chi connectivity index (χ1) is 11.8. The molecule has 4 heteroatoms. The van der Waals surface area contributed by atoms with Crippen molar-refractivity contribution in [2.45, 2.75) is 91.9 Å². The van der Waals surface area contributed by atoms with E-state index in [1.165, 1.54) is 19.3 Å². The van der Waals surface area contributed by atoms with Crippen LogP contribution >= 0.6 is 0 Å². The maximum atomic E-state index is 5.90. The molecule has 0 fully saturated rings. The highest BCUT2D eigenvalue weighted by molar-refractivity contribution is 4.95. The Labute approximate surface area is 149 Å². The zero-order valence-corrected chi connectivity index (χ0v) is 16.5. The molecule has 0 heterocycles. The molecule has 0 saturated heterocycles. The SMILES string of the molecule is CCCCCCOCO/C(OCCCC)=C(/CCC)OCCCC. The third-order valence-corrected chi connectivity index (χ3v) is 3.63. The molecule has 0 aromatic carbocycles. The lowest BCUT2D eigenvalue weighted by Crippen LogP contribution is -2.10. The van der Waals surface area contributed by atoms with Gasteiger partial charge in [0.15, 0.2) is 12.6 Å². The van der Waals surface area contributed by atoms with E-state index < -0.39 is 0 Å². The van der Waals surface area contributed by atoms with Crippen molar-refractivity contribution in [1.82, 2.24) is 0 Å². The van der Waals surface area contributed by atoms with Gasteiger partial charge < -0.3 is 18.9 Å². The molecule has 0 saturated carbocycles. The molecular formula is C20H40O4. The second kappa shape index (κ2) is 18.4. The van der Waals surface area contributed by atoms with Crippen LogP contribution in [-0.2, 0) is 18.9 Å². The summed E-state index contributed by atoms with van der Waals surface area (Å²) < 4.78 is 23.1. The van der Waals surface area contributed by atoms with Crippen LogP contribution in [0.25, 0.3) is 0 Å². The number of ether oxygens (including phenoxy) is 4. The normalized spacial score (nSPS) is 12.0. The molecule has 0 atom stereocenters. The lowest BCUT2D eigenvalue weighted by atomic mass is 10.2. The highest BCUT2D eigenvalue weighted by Gasteiger charge is 2.12. The molecule has 0 aliphatic rings. The van der Waals surface area contributed by atoms with Crippen molar-refractivity contribution in [2.24, 2.45) is 0 Å². The quantitative estimate of drug-likeness (QED) is 0.169. The summed E-state index contributed by atoms with van der Waals surface area (Å²) >= 11 is 0. The van der Waals surface area contributed by atoms with Crippen molar-refractivity contribution in [2.75, 3.05) is 26.6 Å². The van der Waals surface area contributed by atoms with Crippen molar-refractivity contribution in [3.05, 3.63) is 11.7 Å². The standard InChI is InChI=1S/C20H40O4/c1-5-9-12-13-15-21-18-24-20(23-17-11-7-3)19(14-8-4)22-16-10-6-2/h5-18H2,1-4H3/b20-19-. The molecule has 0 aromatic rings. The average molecular weight is 345 g/mol. The van der Waals surface area contributed by atoms with Crippen LogP contribution in [0.2, 0.25) is 0 Å². The fraction of sp³-hybridized carbons (Fsp3) is 0.900. The van der Waals surface area contributed by atoms with Crippen molar-refractivity contribution >= 4 is 0 Å². The zero-order valence-electron chi connectivity index (χ0n) is 16.5. The number of hydrogen-bond acceptors (Lipinski definition) is 4. The van der Waals surface area contributed by atoms with E-state index in [0.29, 0.717) is 19.2 Å². The first-order valence-corrected chi connectivity index (χ1v) is 9.99. The number of hydrogen-bond donors (Lipinski definition) is 0. The van der Waals surface area contributed by atoms with Crippen LogP contribution in [0.3, 0.4) is 0 Å². The Hall–Kier alpha value is -0.900. The average Bonchev–Trinajstić information content (AvgIpc) is 2.59. The Balaban J connectivity index is 4.39. The second-order valence-electron chi connectivity index (χ2n) is 6.10. The van der Waals surface area contributed by atoms with E-state index >= 15 is 0 Å². The predicted octanol–water partition coefficient (Wildman–Crippen LogP) is 6.16. The smallest absolute Gasteiger partial charge is 0.321 e. The molecule has 0 N–H and O–H groups in total. The molecule has 0 spiro atoms. The van der Waals surface area contributed by atoms with Gasteiger partial charge in [0.05, 0.1) is 19.8 Å². The van der Waals surface area contributed by atoms with Crippen molar-refractivity contribution < 1.29 is 18.9 Å². The summed E-state index contributed by atoms with van der Waals surface area (Å²) in [4.78, 5) is 0. The van der Waals surface area contributed by atoms with E-state index in [2.05, 4.69) is 27.7 Å². The Kier molecular flexibility index (Phi) is 17.7. The van der Waals surface area contributed by atoms with Crippen LogP contribution in [-0.4, -0.2) is 26.6 Å². The second-order valence-corrected chi connectivity index (χ2v) is 6.10. The van der Waals surface area contributed by atoms with E-state index in [1.54, 1.807) is 0 Å². The van der Waals surface area contributed by atoms with Gasteiger partial charge >= 0.3 is 5.95 Å². The summed E-state index contributed by atoms with van der Waals surface area (Å²) in [6.45, 7) is 11.0. The number of rotatable bonds is 18. The van der Waals surface area contributed by atoms with Crippen LogP contribution in [0.4, 0.5) is 0 Å². The fourth-order valence-electron chi connectivity index (χ4n) is 2.10. The van der Waals surface area contributed by atoms with E-state index in [1.807, 2.05) is 0 Å². The molecule has 0 radical (unpaired) electrons. The molecule has 0 aromatic heterocycles. The third kappa shape index (κ3) is 13.5. The van der Waals surface area contributed by atoms with Gasteiger partial charge in [-0.2, -0.15) is 0 Å². The van der Waals surface area contributed by atoms with Gasteiger partial charge in [-0.3, -0.25) is 0 Å². The topological polar surface area (TPSA) is 36.9 Å². The van der Waals surface area contributed by atoms with Crippen molar-refractivity contribution in [1.29, 1.82) is 0 Å². The minimum atomic E-state index is 0.234. The largest absolute Gasteiger partial charge is 0.491 e. The monoisotopic (exact) mass is 344 g/mol. The maximum Gasteiger partial charge on any atom is 0.321 e. The summed E-state index contributed by atoms with van der Waals surface area (Å²) in [6.07, 6.45) is 10.9. The lowest BCUT2D eigenvalue weighted by Gasteiger charge is -2.17. The summed E-state index contributed by atoms with van der Waals surface area (Å²) in [6, 6.07) is 0. The molecule has 24 heavy (non-hydrogen) atoms. The first-order valence-electron chi connectivity index (χ1n) is 9.99. The maximum absolute atomic E-state index is 5.90. The molecule has 0 bridgehead atoms. The summed E-state index contributed by atoms with van der Waals surface area (Å²) in [7, 11) is 0. The number of unbranched alkanes of at least 4 members (excludes halogenated alkanes) is 5. The predicted molar refractivity (Wildman–Crippen MR) is 99.7 cm³/mol. The zero-order chi connectivity index (χ0) is 17.9. The van der Waals surface area contributed by atoms with Gasteiger partial charge in [0.25, 0.3) is 0 Å². The lowest BCUT2D eigenvalue weighted by molar-refractivity contribution is -0.0844. The molecular weight excluding hydrogens is 304 g/mol. The molecule has 0 rings (SSSR count). The molecule has 144 valence electrons. The molecule has 0 amide bonds. The van der Waals surface area contributed by atoms with Gasteiger partial charge in [0.2, 0.25) is 0 Å². The Morgan fingerprint density at radius 3 is 1.88 bits per heavy atom. The Morgan fingerprint density at radius 1 is 0.583 bits per heavy atom. The van der Waals surface area contributed by atoms with Crippen LogP contribution in [0.15, 0.2) is 11.7 Å². The minimum Gasteiger partial charge on any atom is -0.491 e. The summed E-state index contributed by atoms with van der Waals surface area (Å²) in [5.74, 6) is 1.35. The molecule has 4 nitrogen and oxygen atoms in total.